The molecule has 0 saturated heterocycles. The molecule has 0 fully saturated rings. The van der Waals surface area contributed by atoms with Crippen LogP contribution >= 0.6 is 34.8 Å². The van der Waals surface area contributed by atoms with Gasteiger partial charge < -0.3 is 14.6 Å². The lowest BCUT2D eigenvalue weighted by Crippen LogP contribution is -2.00. The normalized spacial score (nSPS) is 11.5. The Bertz CT molecular complexity index is 797. The summed E-state index contributed by atoms with van der Waals surface area (Å²) in [5.41, 5.74) is 0.943. The number of aromatic nitrogens is 4. The Morgan fingerprint density at radius 1 is 1.09 bits per heavy atom. The minimum atomic E-state index is -1.83. The van der Waals surface area contributed by atoms with Crippen LogP contribution in [0.2, 0.25) is 0 Å². The molecule has 8 nitrogen and oxygen atoms in total. The number of rotatable bonds is 4. The molecular weight excluding hydrogens is 369 g/mol. The fraction of sp³-hybridized carbons (Fsp3) is 0.167. The molecule has 120 valence electrons. The van der Waals surface area contributed by atoms with E-state index >= 15 is 0 Å². The van der Waals surface area contributed by atoms with Gasteiger partial charge >= 0.3 is 0 Å². The Kier molecular flexibility index (Phi) is 4.29. The van der Waals surface area contributed by atoms with Crippen molar-refractivity contribution in [1.82, 2.24) is 20.5 Å². The number of hydrogen-bond acceptors (Lipinski definition) is 8. The third-order valence-electron chi connectivity index (χ3n) is 2.72. The molecule has 0 amide bonds. The molecule has 0 bridgehead atoms. The number of benzene rings is 1. The van der Waals surface area contributed by atoms with Crippen molar-refractivity contribution in [1.29, 1.82) is 0 Å². The van der Waals surface area contributed by atoms with Crippen molar-refractivity contribution >= 4 is 46.3 Å². The molecule has 3 aromatic rings. The monoisotopic (exact) mass is 375 g/mol. The molecule has 23 heavy (non-hydrogen) atoms. The highest BCUT2D eigenvalue weighted by atomic mass is 35.6. The number of alkyl halides is 3. The molecule has 1 aromatic carbocycles. The van der Waals surface area contributed by atoms with Gasteiger partial charge in [-0.3, -0.25) is 0 Å². The summed E-state index contributed by atoms with van der Waals surface area (Å²) < 4.78 is 12.8. The predicted molar refractivity (Wildman–Crippen MR) is 83.1 cm³/mol. The number of anilines is 2. The SMILES string of the molecule is COc1ccc(Nc2nonc2-c2noc(C(Cl)(Cl)Cl)n2)cc1. The van der Waals surface area contributed by atoms with E-state index in [4.69, 9.17) is 48.7 Å². The lowest BCUT2D eigenvalue weighted by atomic mass is 10.3. The largest absolute Gasteiger partial charge is 0.497 e. The standard InChI is InChI=1S/C12H8Cl3N5O3/c1-21-7-4-2-6(3-5-7)16-9-8(18-23-20-9)10-17-11(22-19-10)12(13,14)15/h2-5H,1H3,(H,16,20). The number of ether oxygens (including phenoxy) is 1. The van der Waals surface area contributed by atoms with Gasteiger partial charge in [0.25, 0.3) is 9.68 Å². The summed E-state index contributed by atoms with van der Waals surface area (Å²) in [5.74, 6) is 0.894. The summed E-state index contributed by atoms with van der Waals surface area (Å²) in [6, 6.07) is 7.15. The van der Waals surface area contributed by atoms with Crippen molar-refractivity contribution in [2.75, 3.05) is 12.4 Å². The molecule has 0 aliphatic heterocycles. The summed E-state index contributed by atoms with van der Waals surface area (Å²) in [6.45, 7) is 0. The molecule has 11 heteroatoms. The van der Waals surface area contributed by atoms with Crippen molar-refractivity contribution in [2.24, 2.45) is 0 Å². The number of halogens is 3. The Morgan fingerprint density at radius 3 is 2.43 bits per heavy atom. The lowest BCUT2D eigenvalue weighted by molar-refractivity contribution is 0.309. The zero-order valence-corrected chi connectivity index (χ0v) is 13.7. The van der Waals surface area contributed by atoms with E-state index in [0.717, 1.165) is 11.4 Å². The molecule has 0 atom stereocenters. The molecule has 0 aliphatic rings. The maximum atomic E-state index is 5.68. The van der Waals surface area contributed by atoms with Gasteiger partial charge in [-0.1, -0.05) is 40.0 Å². The van der Waals surface area contributed by atoms with Gasteiger partial charge in [-0.15, -0.1) is 0 Å². The van der Waals surface area contributed by atoms with E-state index in [-0.39, 0.29) is 23.2 Å². The fourth-order valence-electron chi connectivity index (χ4n) is 1.66. The Hall–Kier alpha value is -2.03. The van der Waals surface area contributed by atoms with E-state index in [1.807, 2.05) is 0 Å². The highest BCUT2D eigenvalue weighted by Crippen LogP contribution is 2.38. The highest BCUT2D eigenvalue weighted by molar-refractivity contribution is 6.66. The molecule has 0 unspecified atom stereocenters. The first-order valence-electron chi connectivity index (χ1n) is 6.12. The first-order chi connectivity index (χ1) is 11.0. The van der Waals surface area contributed by atoms with Gasteiger partial charge in [-0.05, 0) is 34.6 Å². The fourth-order valence-corrected chi connectivity index (χ4v) is 1.89. The summed E-state index contributed by atoms with van der Waals surface area (Å²) in [7, 11) is 1.58. The van der Waals surface area contributed by atoms with E-state index in [2.05, 4.69) is 25.8 Å². The van der Waals surface area contributed by atoms with Crippen LogP contribution in [0.4, 0.5) is 11.5 Å². The molecule has 2 heterocycles. The average Bonchev–Trinajstić information content (AvgIpc) is 3.16. The Labute approximate surface area is 144 Å². The molecular formula is C12H8Cl3N5O3. The Balaban J connectivity index is 1.85. The second-order valence-corrected chi connectivity index (χ2v) is 6.52. The molecule has 0 radical (unpaired) electrons. The molecule has 1 N–H and O–H groups in total. The van der Waals surface area contributed by atoms with E-state index in [1.165, 1.54) is 0 Å². The van der Waals surface area contributed by atoms with Crippen LogP contribution in [0.3, 0.4) is 0 Å². The lowest BCUT2D eigenvalue weighted by Gasteiger charge is -2.04. The zero-order chi connectivity index (χ0) is 16.4. The average molecular weight is 377 g/mol. The first kappa shape index (κ1) is 15.9. The van der Waals surface area contributed by atoms with Gasteiger partial charge in [0, 0.05) is 5.69 Å². The van der Waals surface area contributed by atoms with Crippen LogP contribution in [0, 0.1) is 0 Å². The van der Waals surface area contributed by atoms with Crippen LogP contribution in [0.25, 0.3) is 11.5 Å². The van der Waals surface area contributed by atoms with Crippen molar-refractivity contribution in [3.8, 4) is 17.3 Å². The van der Waals surface area contributed by atoms with Crippen LogP contribution in [-0.2, 0) is 3.79 Å². The van der Waals surface area contributed by atoms with E-state index < -0.39 is 3.79 Å². The zero-order valence-electron chi connectivity index (χ0n) is 11.5. The van der Waals surface area contributed by atoms with Gasteiger partial charge in [-0.2, -0.15) is 4.98 Å². The smallest absolute Gasteiger partial charge is 0.279 e. The topological polar surface area (TPSA) is 99.1 Å². The quantitative estimate of drug-likeness (QED) is 0.688. The van der Waals surface area contributed by atoms with Crippen molar-refractivity contribution in [3.05, 3.63) is 30.2 Å². The number of nitrogens with one attached hydrogen (secondary N) is 1. The summed E-state index contributed by atoms with van der Waals surface area (Å²) in [6.07, 6.45) is 0. The van der Waals surface area contributed by atoms with Gasteiger partial charge in [-0.25, -0.2) is 4.63 Å². The molecule has 2 aromatic heterocycles. The summed E-state index contributed by atoms with van der Waals surface area (Å²) in [4.78, 5) is 3.96. The first-order valence-corrected chi connectivity index (χ1v) is 7.25. The third kappa shape index (κ3) is 3.49. The van der Waals surface area contributed by atoms with E-state index in [0.29, 0.717) is 0 Å². The summed E-state index contributed by atoms with van der Waals surface area (Å²) >= 11 is 17.0. The number of nitrogens with zero attached hydrogens (tertiary/aromatic N) is 4. The van der Waals surface area contributed by atoms with Crippen LogP contribution in [0.15, 0.2) is 33.4 Å². The number of hydrogen-bond donors (Lipinski definition) is 1. The summed E-state index contributed by atoms with van der Waals surface area (Å²) in [5, 5.41) is 14.2. The maximum absolute atomic E-state index is 5.68. The maximum Gasteiger partial charge on any atom is 0.279 e. The highest BCUT2D eigenvalue weighted by Gasteiger charge is 2.32. The van der Waals surface area contributed by atoms with Gasteiger partial charge in [0.1, 0.15) is 5.75 Å². The molecule has 0 spiro atoms. The van der Waals surface area contributed by atoms with E-state index in [1.54, 1.807) is 31.4 Å². The molecule has 0 aliphatic carbocycles. The molecule has 3 rings (SSSR count). The van der Waals surface area contributed by atoms with Crippen LogP contribution < -0.4 is 10.1 Å². The third-order valence-corrected chi connectivity index (χ3v) is 3.21. The van der Waals surface area contributed by atoms with Gasteiger partial charge in [0.05, 0.1) is 7.11 Å². The second kappa shape index (κ2) is 6.23. The van der Waals surface area contributed by atoms with Crippen LogP contribution in [0.1, 0.15) is 5.89 Å². The van der Waals surface area contributed by atoms with E-state index in [9.17, 15) is 0 Å². The van der Waals surface area contributed by atoms with Gasteiger partial charge in [0.2, 0.25) is 11.6 Å². The minimum absolute atomic E-state index is 0.0728. The predicted octanol–water partition coefficient (Wildman–Crippen LogP) is 3.70. The second-order valence-electron chi connectivity index (χ2n) is 4.24. The molecule has 0 saturated carbocycles. The Morgan fingerprint density at radius 2 is 1.83 bits per heavy atom. The van der Waals surface area contributed by atoms with Crippen molar-refractivity contribution in [2.45, 2.75) is 3.79 Å². The minimum Gasteiger partial charge on any atom is -0.497 e. The number of methoxy groups -OCH3 is 1. The van der Waals surface area contributed by atoms with Crippen molar-refractivity contribution < 1.29 is 13.9 Å². The van der Waals surface area contributed by atoms with Gasteiger partial charge in [0.15, 0.2) is 5.69 Å². The van der Waals surface area contributed by atoms with Crippen molar-refractivity contribution in [3.63, 3.8) is 0 Å². The van der Waals surface area contributed by atoms with Crippen LogP contribution in [0.5, 0.6) is 5.75 Å². The van der Waals surface area contributed by atoms with Crippen LogP contribution in [-0.4, -0.2) is 27.6 Å².